The Balaban J connectivity index is 1.47. The van der Waals surface area contributed by atoms with Gasteiger partial charge < -0.3 is 15.5 Å². The van der Waals surface area contributed by atoms with E-state index in [0.29, 0.717) is 25.9 Å². The second kappa shape index (κ2) is 8.47. The number of para-hydroxylation sites is 1. The maximum atomic E-state index is 12.4. The topological polar surface area (TPSA) is 74.3 Å². The van der Waals surface area contributed by atoms with E-state index in [4.69, 9.17) is 0 Å². The molecule has 6 nitrogen and oxygen atoms in total. The van der Waals surface area contributed by atoms with Crippen molar-refractivity contribution in [3.8, 4) is 0 Å². The Kier molecular flexibility index (Phi) is 5.84. The molecule has 0 saturated carbocycles. The number of anilines is 1. The molecule has 0 bridgehead atoms. The number of likely N-dealkylation sites (tertiary alicyclic amines) is 1. The quantitative estimate of drug-likeness (QED) is 0.887. The van der Waals surface area contributed by atoms with E-state index >= 15 is 0 Å². The van der Waals surface area contributed by atoms with Crippen molar-refractivity contribution in [3.05, 3.63) is 60.4 Å². The number of nitrogens with one attached hydrogen (secondary N) is 2. The number of hydrogen-bond acceptors (Lipinski definition) is 3. The molecule has 2 N–H and O–H groups in total. The van der Waals surface area contributed by atoms with Crippen LogP contribution in [0.3, 0.4) is 0 Å². The summed E-state index contributed by atoms with van der Waals surface area (Å²) in [5.74, 6) is -0.0294. The van der Waals surface area contributed by atoms with Gasteiger partial charge in [-0.1, -0.05) is 18.2 Å². The zero-order valence-corrected chi connectivity index (χ0v) is 14.9. The van der Waals surface area contributed by atoms with Crippen LogP contribution in [0.15, 0.2) is 54.9 Å². The second-order valence-corrected chi connectivity index (χ2v) is 6.57. The summed E-state index contributed by atoms with van der Waals surface area (Å²) in [6.45, 7) is 3.12. The van der Waals surface area contributed by atoms with E-state index in [9.17, 15) is 9.59 Å². The lowest BCUT2D eigenvalue weighted by atomic mass is 9.96. The predicted octanol–water partition coefficient (Wildman–Crippen LogP) is 3.20. The number of pyridine rings is 1. The molecule has 3 amide bonds. The Hall–Kier alpha value is -2.89. The Bertz CT molecular complexity index is 728. The van der Waals surface area contributed by atoms with Gasteiger partial charge in [-0.15, -0.1) is 0 Å². The number of hydrogen-bond donors (Lipinski definition) is 2. The van der Waals surface area contributed by atoms with Gasteiger partial charge in [-0.3, -0.25) is 9.78 Å². The van der Waals surface area contributed by atoms with Crippen LogP contribution in [0.1, 0.15) is 31.4 Å². The standard InChI is InChI=1S/C20H24N4O2/c1-15(16-7-11-21-12-8-16)22-20(26)24-13-9-17(10-14-24)19(25)23-18-5-3-2-4-6-18/h2-8,11-12,15,17H,9-10,13-14H2,1H3,(H,22,26)(H,23,25). The fraction of sp³-hybridized carbons (Fsp3) is 0.350. The molecule has 1 saturated heterocycles. The van der Waals surface area contributed by atoms with Crippen molar-refractivity contribution in [1.82, 2.24) is 15.2 Å². The van der Waals surface area contributed by atoms with Gasteiger partial charge in [-0.05, 0) is 49.6 Å². The molecule has 1 aliphatic heterocycles. The zero-order chi connectivity index (χ0) is 18.4. The number of carbonyl (C=O) groups is 2. The number of carbonyl (C=O) groups excluding carboxylic acids is 2. The van der Waals surface area contributed by atoms with Crippen LogP contribution in [0.2, 0.25) is 0 Å². The summed E-state index contributed by atoms with van der Waals surface area (Å²) in [4.78, 5) is 30.6. The van der Waals surface area contributed by atoms with E-state index < -0.39 is 0 Å². The molecule has 1 aromatic heterocycles. The summed E-state index contributed by atoms with van der Waals surface area (Å²) in [5.41, 5.74) is 1.83. The van der Waals surface area contributed by atoms with Gasteiger partial charge in [-0.25, -0.2) is 4.79 Å². The highest BCUT2D eigenvalue weighted by atomic mass is 16.2. The molecule has 26 heavy (non-hydrogen) atoms. The maximum absolute atomic E-state index is 12.4. The fourth-order valence-corrected chi connectivity index (χ4v) is 3.12. The highest BCUT2D eigenvalue weighted by Gasteiger charge is 2.27. The number of amides is 3. The van der Waals surface area contributed by atoms with Crippen LogP contribution in [0.4, 0.5) is 10.5 Å². The zero-order valence-electron chi connectivity index (χ0n) is 14.9. The molecule has 0 aliphatic carbocycles. The highest BCUT2D eigenvalue weighted by Crippen LogP contribution is 2.20. The van der Waals surface area contributed by atoms with Gasteiger partial charge in [-0.2, -0.15) is 0 Å². The molecule has 1 fully saturated rings. The highest BCUT2D eigenvalue weighted by molar-refractivity contribution is 5.92. The Morgan fingerprint density at radius 2 is 1.73 bits per heavy atom. The Labute approximate surface area is 153 Å². The summed E-state index contributed by atoms with van der Waals surface area (Å²) in [6, 6.07) is 13.1. The average molecular weight is 352 g/mol. The Morgan fingerprint density at radius 3 is 2.38 bits per heavy atom. The van der Waals surface area contributed by atoms with Crippen LogP contribution in [-0.2, 0) is 4.79 Å². The molecule has 1 aromatic carbocycles. The third-order valence-corrected chi connectivity index (χ3v) is 4.74. The number of piperidine rings is 1. The number of rotatable bonds is 4. The number of aromatic nitrogens is 1. The van der Waals surface area contributed by atoms with Crippen molar-refractivity contribution in [2.24, 2.45) is 5.92 Å². The molecule has 0 radical (unpaired) electrons. The lowest BCUT2D eigenvalue weighted by Gasteiger charge is -2.32. The third-order valence-electron chi connectivity index (χ3n) is 4.74. The van der Waals surface area contributed by atoms with E-state index in [1.165, 1.54) is 0 Å². The molecule has 2 heterocycles. The smallest absolute Gasteiger partial charge is 0.317 e. The van der Waals surface area contributed by atoms with Gasteiger partial charge in [0.1, 0.15) is 0 Å². The molecule has 1 unspecified atom stereocenters. The van der Waals surface area contributed by atoms with Gasteiger partial charge in [0, 0.05) is 37.1 Å². The van der Waals surface area contributed by atoms with Crippen LogP contribution in [-0.4, -0.2) is 34.9 Å². The summed E-state index contributed by atoms with van der Waals surface area (Å²) in [5, 5.41) is 5.95. The average Bonchev–Trinajstić information content (AvgIpc) is 2.69. The van der Waals surface area contributed by atoms with E-state index in [0.717, 1.165) is 11.3 Å². The third kappa shape index (κ3) is 4.59. The van der Waals surface area contributed by atoms with Crippen LogP contribution in [0.5, 0.6) is 0 Å². The number of urea groups is 1. The first-order chi connectivity index (χ1) is 12.6. The largest absolute Gasteiger partial charge is 0.331 e. The second-order valence-electron chi connectivity index (χ2n) is 6.57. The number of benzene rings is 1. The van der Waals surface area contributed by atoms with Crippen molar-refractivity contribution in [1.29, 1.82) is 0 Å². The molecular weight excluding hydrogens is 328 g/mol. The lowest BCUT2D eigenvalue weighted by molar-refractivity contribution is -0.121. The first-order valence-electron chi connectivity index (χ1n) is 8.95. The normalized spacial score (nSPS) is 16.0. The van der Waals surface area contributed by atoms with Gasteiger partial charge in [0.15, 0.2) is 0 Å². The van der Waals surface area contributed by atoms with Crippen molar-refractivity contribution >= 4 is 17.6 Å². The van der Waals surface area contributed by atoms with Crippen molar-refractivity contribution in [2.45, 2.75) is 25.8 Å². The number of nitrogens with zero attached hydrogens (tertiary/aromatic N) is 2. The molecule has 2 aromatic rings. The summed E-state index contributed by atoms with van der Waals surface area (Å²) < 4.78 is 0. The maximum Gasteiger partial charge on any atom is 0.317 e. The first-order valence-corrected chi connectivity index (χ1v) is 8.95. The predicted molar refractivity (Wildman–Crippen MR) is 101 cm³/mol. The molecule has 136 valence electrons. The van der Waals surface area contributed by atoms with Crippen molar-refractivity contribution in [3.63, 3.8) is 0 Å². The van der Waals surface area contributed by atoms with Crippen molar-refractivity contribution in [2.75, 3.05) is 18.4 Å². The minimum Gasteiger partial charge on any atom is -0.331 e. The molecule has 0 spiro atoms. The van der Waals surface area contributed by atoms with E-state index in [1.807, 2.05) is 49.4 Å². The minimum atomic E-state index is -0.0868. The molecule has 3 rings (SSSR count). The monoisotopic (exact) mass is 352 g/mol. The van der Waals surface area contributed by atoms with E-state index in [1.54, 1.807) is 17.3 Å². The van der Waals surface area contributed by atoms with Crippen LogP contribution < -0.4 is 10.6 Å². The SMILES string of the molecule is CC(NC(=O)N1CCC(C(=O)Nc2ccccc2)CC1)c1ccncc1. The minimum absolute atomic E-state index is 0.0291. The van der Waals surface area contributed by atoms with Gasteiger partial charge in [0.2, 0.25) is 5.91 Å². The van der Waals surface area contributed by atoms with Crippen molar-refractivity contribution < 1.29 is 9.59 Å². The van der Waals surface area contributed by atoms with Crippen LogP contribution >= 0.6 is 0 Å². The summed E-state index contributed by atoms with van der Waals surface area (Å²) >= 11 is 0. The van der Waals surface area contributed by atoms with Gasteiger partial charge >= 0.3 is 6.03 Å². The van der Waals surface area contributed by atoms with E-state index in [-0.39, 0.29) is 23.9 Å². The van der Waals surface area contributed by atoms with Gasteiger partial charge in [0.05, 0.1) is 6.04 Å². The molecule has 1 atom stereocenters. The Morgan fingerprint density at radius 1 is 1.08 bits per heavy atom. The molecular formula is C20H24N4O2. The van der Waals surface area contributed by atoms with Crippen LogP contribution in [0.25, 0.3) is 0 Å². The summed E-state index contributed by atoms with van der Waals surface area (Å²) in [7, 11) is 0. The van der Waals surface area contributed by atoms with Gasteiger partial charge in [0.25, 0.3) is 0 Å². The summed E-state index contributed by atoms with van der Waals surface area (Å²) in [6.07, 6.45) is 4.79. The molecule has 1 aliphatic rings. The lowest BCUT2D eigenvalue weighted by Crippen LogP contribution is -2.46. The fourth-order valence-electron chi connectivity index (χ4n) is 3.12. The first kappa shape index (κ1) is 17.9. The van der Waals surface area contributed by atoms with E-state index in [2.05, 4.69) is 15.6 Å². The van der Waals surface area contributed by atoms with Crippen LogP contribution in [0, 0.1) is 5.92 Å². The molecule has 6 heteroatoms.